The number of hydrogen-bond donors (Lipinski definition) is 2. The number of carbonyl (C=O) groups is 1. The Morgan fingerprint density at radius 1 is 1.03 bits per heavy atom. The maximum Gasteiger partial charge on any atom is 0.262 e. The van der Waals surface area contributed by atoms with E-state index >= 15 is 0 Å². The van der Waals surface area contributed by atoms with Crippen molar-refractivity contribution in [1.29, 1.82) is 0 Å². The van der Waals surface area contributed by atoms with Crippen LogP contribution >= 0.6 is 34.8 Å². The van der Waals surface area contributed by atoms with Gasteiger partial charge in [-0.1, -0.05) is 54.1 Å². The minimum Gasteiger partial charge on any atom is -0.483 e. The Kier molecular flexibility index (Phi) is 8.10. The molecule has 0 saturated heterocycles. The summed E-state index contributed by atoms with van der Waals surface area (Å²) in [6, 6.07) is 7.42. The van der Waals surface area contributed by atoms with Crippen LogP contribution < -0.4 is 14.8 Å². The summed E-state index contributed by atoms with van der Waals surface area (Å²) in [5.74, 6) is -0.0395. The molecule has 0 radical (unpaired) electrons. The van der Waals surface area contributed by atoms with E-state index in [-0.39, 0.29) is 32.6 Å². The van der Waals surface area contributed by atoms with Crippen molar-refractivity contribution in [3.05, 3.63) is 51.0 Å². The number of carbonyl (C=O) groups excluding carboxylic acids is 1. The van der Waals surface area contributed by atoms with E-state index in [1.54, 1.807) is 13.0 Å². The van der Waals surface area contributed by atoms with E-state index in [9.17, 15) is 13.2 Å². The molecule has 1 aliphatic carbocycles. The lowest BCUT2D eigenvalue weighted by Gasteiger charge is -2.22. The van der Waals surface area contributed by atoms with Crippen LogP contribution in [0.15, 0.2) is 35.2 Å². The van der Waals surface area contributed by atoms with Crippen molar-refractivity contribution in [3.8, 4) is 5.75 Å². The molecule has 2 aromatic rings. The lowest BCUT2D eigenvalue weighted by Crippen LogP contribution is -2.36. The molecule has 0 spiro atoms. The second kappa shape index (κ2) is 10.4. The van der Waals surface area contributed by atoms with Crippen LogP contribution in [0.25, 0.3) is 0 Å². The third kappa shape index (κ3) is 6.49. The molecule has 2 aromatic carbocycles. The number of benzene rings is 2. The van der Waals surface area contributed by atoms with E-state index in [0.717, 1.165) is 32.1 Å². The Bertz CT molecular complexity index is 1070. The SMILES string of the molecule is Cc1cc(S(=O)(=O)NC2CCCCC2)ccc1OCC(=O)Nc1cc(Cl)c(Cl)cc1Cl. The molecule has 1 saturated carbocycles. The van der Waals surface area contributed by atoms with Crippen molar-refractivity contribution in [2.75, 3.05) is 11.9 Å². The largest absolute Gasteiger partial charge is 0.483 e. The molecule has 10 heteroatoms. The zero-order valence-electron chi connectivity index (χ0n) is 16.9. The number of halogens is 3. The van der Waals surface area contributed by atoms with Crippen molar-refractivity contribution in [2.24, 2.45) is 0 Å². The highest BCUT2D eigenvalue weighted by molar-refractivity contribution is 7.89. The van der Waals surface area contributed by atoms with Crippen LogP contribution in [0.5, 0.6) is 5.75 Å². The van der Waals surface area contributed by atoms with E-state index in [2.05, 4.69) is 10.0 Å². The normalized spacial score (nSPS) is 15.0. The molecular formula is C21H23Cl3N2O4S. The average Bonchev–Trinajstić information content (AvgIpc) is 2.71. The number of nitrogens with one attached hydrogen (secondary N) is 2. The summed E-state index contributed by atoms with van der Waals surface area (Å²) < 4.78 is 33.7. The average molecular weight is 506 g/mol. The van der Waals surface area contributed by atoms with Gasteiger partial charge in [0.1, 0.15) is 5.75 Å². The van der Waals surface area contributed by atoms with Crippen molar-refractivity contribution >= 4 is 56.4 Å². The topological polar surface area (TPSA) is 84.5 Å². The molecule has 3 rings (SSSR count). The molecule has 0 aromatic heterocycles. The molecule has 0 bridgehead atoms. The quantitative estimate of drug-likeness (QED) is 0.481. The summed E-state index contributed by atoms with van der Waals surface area (Å²) in [4.78, 5) is 12.4. The number of aryl methyl sites for hydroxylation is 1. The second-order valence-electron chi connectivity index (χ2n) is 7.47. The molecule has 1 amide bonds. The Morgan fingerprint density at radius 3 is 2.39 bits per heavy atom. The Balaban J connectivity index is 1.61. The first-order valence-electron chi connectivity index (χ1n) is 9.86. The van der Waals surface area contributed by atoms with Gasteiger partial charge >= 0.3 is 0 Å². The van der Waals surface area contributed by atoms with Gasteiger partial charge in [-0.15, -0.1) is 0 Å². The first-order valence-corrected chi connectivity index (χ1v) is 12.5. The fourth-order valence-electron chi connectivity index (χ4n) is 3.41. The number of amides is 1. The van der Waals surface area contributed by atoms with E-state index in [0.29, 0.717) is 17.0 Å². The van der Waals surface area contributed by atoms with E-state index in [1.165, 1.54) is 24.3 Å². The zero-order valence-corrected chi connectivity index (χ0v) is 20.0. The lowest BCUT2D eigenvalue weighted by molar-refractivity contribution is -0.118. The fraction of sp³-hybridized carbons (Fsp3) is 0.381. The van der Waals surface area contributed by atoms with Crippen LogP contribution in [0.1, 0.15) is 37.7 Å². The minimum absolute atomic E-state index is 0.0214. The van der Waals surface area contributed by atoms with Gasteiger partial charge < -0.3 is 10.1 Å². The fourth-order valence-corrected chi connectivity index (χ4v) is 5.39. The number of anilines is 1. The molecular weight excluding hydrogens is 483 g/mol. The molecule has 168 valence electrons. The van der Waals surface area contributed by atoms with Crippen LogP contribution in [0, 0.1) is 6.92 Å². The molecule has 0 aliphatic heterocycles. The highest BCUT2D eigenvalue weighted by Gasteiger charge is 2.22. The van der Waals surface area contributed by atoms with Crippen molar-refractivity contribution in [1.82, 2.24) is 4.72 Å². The molecule has 31 heavy (non-hydrogen) atoms. The summed E-state index contributed by atoms with van der Waals surface area (Å²) in [6.07, 6.45) is 4.94. The monoisotopic (exact) mass is 504 g/mol. The number of ether oxygens (including phenoxy) is 1. The Labute approximate surface area is 197 Å². The number of rotatable bonds is 7. The van der Waals surface area contributed by atoms with Crippen molar-refractivity contribution in [2.45, 2.75) is 50.0 Å². The van der Waals surface area contributed by atoms with Gasteiger partial charge in [-0.25, -0.2) is 13.1 Å². The predicted molar refractivity (Wildman–Crippen MR) is 124 cm³/mol. The number of sulfonamides is 1. The highest BCUT2D eigenvalue weighted by Crippen LogP contribution is 2.32. The Morgan fingerprint density at radius 2 is 1.71 bits per heavy atom. The summed E-state index contributed by atoms with van der Waals surface area (Å²) in [5.41, 5.74) is 0.920. The molecule has 0 heterocycles. The maximum absolute atomic E-state index is 12.7. The summed E-state index contributed by atoms with van der Waals surface area (Å²) >= 11 is 17.9. The number of hydrogen-bond acceptors (Lipinski definition) is 4. The zero-order chi connectivity index (χ0) is 22.6. The van der Waals surface area contributed by atoms with Gasteiger partial charge in [-0.3, -0.25) is 4.79 Å². The van der Waals surface area contributed by atoms with Crippen molar-refractivity contribution in [3.63, 3.8) is 0 Å². The highest BCUT2D eigenvalue weighted by atomic mass is 35.5. The van der Waals surface area contributed by atoms with E-state index in [4.69, 9.17) is 39.5 Å². The molecule has 0 atom stereocenters. The van der Waals surface area contributed by atoms with Gasteiger partial charge in [-0.05, 0) is 55.7 Å². The third-order valence-electron chi connectivity index (χ3n) is 5.03. The van der Waals surface area contributed by atoms with E-state index in [1.807, 2.05) is 0 Å². The first-order chi connectivity index (χ1) is 14.7. The molecule has 1 aliphatic rings. The van der Waals surface area contributed by atoms with Gasteiger partial charge in [0.15, 0.2) is 6.61 Å². The van der Waals surface area contributed by atoms with Gasteiger partial charge in [-0.2, -0.15) is 0 Å². The minimum atomic E-state index is -3.61. The first kappa shape index (κ1) is 24.1. The second-order valence-corrected chi connectivity index (χ2v) is 10.4. The van der Waals surface area contributed by atoms with Crippen molar-refractivity contribution < 1.29 is 17.9 Å². The van der Waals surface area contributed by atoms with E-state index < -0.39 is 15.9 Å². The summed E-state index contributed by atoms with van der Waals surface area (Å²) in [7, 11) is -3.61. The lowest BCUT2D eigenvalue weighted by atomic mass is 9.96. The summed E-state index contributed by atoms with van der Waals surface area (Å²) in [5, 5.41) is 3.40. The van der Waals surface area contributed by atoms with Crippen LogP contribution in [0.4, 0.5) is 5.69 Å². The van der Waals surface area contributed by atoms with Crippen LogP contribution in [-0.4, -0.2) is 27.0 Å². The van der Waals surface area contributed by atoms with Crippen LogP contribution in [-0.2, 0) is 14.8 Å². The smallest absolute Gasteiger partial charge is 0.262 e. The third-order valence-corrected chi connectivity index (χ3v) is 7.58. The Hall–Kier alpha value is -1.51. The van der Waals surface area contributed by atoms with Crippen LogP contribution in [0.3, 0.4) is 0 Å². The van der Waals surface area contributed by atoms with Gasteiger partial charge in [0.2, 0.25) is 10.0 Å². The molecule has 6 nitrogen and oxygen atoms in total. The molecule has 1 fully saturated rings. The molecule has 0 unspecified atom stereocenters. The predicted octanol–water partition coefficient (Wildman–Crippen LogP) is 5.58. The van der Waals surface area contributed by atoms with Gasteiger partial charge in [0, 0.05) is 6.04 Å². The van der Waals surface area contributed by atoms with Crippen LogP contribution in [0.2, 0.25) is 15.1 Å². The van der Waals surface area contributed by atoms with Gasteiger partial charge in [0.25, 0.3) is 5.91 Å². The standard InChI is InChI=1S/C21H23Cl3N2O4S/c1-13-9-15(31(28,29)26-14-5-3-2-4-6-14)7-8-20(13)30-12-21(27)25-19-11-17(23)16(22)10-18(19)24/h7-11,14,26H,2-6,12H2,1H3,(H,25,27). The molecule has 2 N–H and O–H groups in total. The maximum atomic E-state index is 12.7. The van der Waals surface area contributed by atoms with Gasteiger partial charge in [0.05, 0.1) is 25.7 Å². The summed E-state index contributed by atoms with van der Waals surface area (Å²) in [6.45, 7) is 1.44.